The van der Waals surface area contributed by atoms with Crippen LogP contribution in [0.3, 0.4) is 0 Å². The van der Waals surface area contributed by atoms with Crippen molar-refractivity contribution in [2.24, 2.45) is 11.8 Å². The van der Waals surface area contributed by atoms with Gasteiger partial charge < -0.3 is 14.2 Å². The van der Waals surface area contributed by atoms with Gasteiger partial charge in [-0.15, -0.1) is 0 Å². The number of Topliss-reactive ketones (excluding diaryl/α,β-unsaturated/α-hetero) is 1. The summed E-state index contributed by atoms with van der Waals surface area (Å²) in [5.74, 6) is 0.715. The van der Waals surface area contributed by atoms with Crippen molar-refractivity contribution < 1.29 is 27.4 Å². The zero-order chi connectivity index (χ0) is 21.4. The van der Waals surface area contributed by atoms with Gasteiger partial charge in [0, 0.05) is 32.0 Å². The van der Waals surface area contributed by atoms with E-state index in [9.17, 15) is 13.2 Å². The van der Waals surface area contributed by atoms with Gasteiger partial charge in [-0.2, -0.15) is 13.1 Å². The molecular weight excluding hydrogens is 384 g/mol. The Kier molecular flexibility index (Phi) is 15.9. The molecule has 0 aliphatic rings. The summed E-state index contributed by atoms with van der Waals surface area (Å²) < 4.78 is 44.6. The Morgan fingerprint density at radius 3 is 2.04 bits per heavy atom. The molecule has 0 aromatic rings. The van der Waals surface area contributed by atoms with Crippen LogP contribution in [0.4, 0.5) is 0 Å². The minimum absolute atomic E-state index is 0.0664. The summed E-state index contributed by atoms with van der Waals surface area (Å²) in [5.41, 5.74) is 0. The summed E-state index contributed by atoms with van der Waals surface area (Å²) in [6.07, 6.45) is 2.92. The summed E-state index contributed by atoms with van der Waals surface area (Å²) in [7, 11) is -2.26. The smallest absolute Gasteiger partial charge is 0.276 e. The third-order valence-corrected chi connectivity index (χ3v) is 5.67. The third-order valence-electron chi connectivity index (χ3n) is 4.49. The number of hydrogen-bond acceptors (Lipinski definition) is 6. The molecule has 0 bridgehead atoms. The van der Waals surface area contributed by atoms with Gasteiger partial charge in [-0.05, 0) is 18.8 Å². The van der Waals surface area contributed by atoms with E-state index in [0.717, 1.165) is 19.4 Å². The van der Waals surface area contributed by atoms with Crippen LogP contribution in [-0.4, -0.2) is 66.9 Å². The molecule has 0 aliphatic carbocycles. The Hall–Kier alpha value is -0.580. The number of rotatable bonds is 19. The molecule has 2 N–H and O–H groups in total. The summed E-state index contributed by atoms with van der Waals surface area (Å²) in [6.45, 7) is 10.8. The van der Waals surface area contributed by atoms with E-state index in [2.05, 4.69) is 23.3 Å². The zero-order valence-electron chi connectivity index (χ0n) is 18.2. The van der Waals surface area contributed by atoms with Gasteiger partial charge in [0.15, 0.2) is 0 Å². The maximum absolute atomic E-state index is 11.8. The molecule has 0 aliphatic heterocycles. The summed E-state index contributed by atoms with van der Waals surface area (Å²) >= 11 is 0. The predicted molar refractivity (Wildman–Crippen MR) is 111 cm³/mol. The minimum atomic E-state index is -3.59. The van der Waals surface area contributed by atoms with Gasteiger partial charge in [0.2, 0.25) is 0 Å². The highest BCUT2D eigenvalue weighted by Crippen LogP contribution is 2.07. The molecule has 0 spiro atoms. The molecule has 168 valence electrons. The SMILES string of the molecule is CCC(C)CCOCCOCCOCC(CCC(=O)C(C)C)NS(=O)(=O)NC. The first kappa shape index (κ1) is 27.4. The predicted octanol–water partition coefficient (Wildman–Crippen LogP) is 1.90. The van der Waals surface area contributed by atoms with Crippen molar-refractivity contribution in [3.05, 3.63) is 0 Å². The number of hydrogen-bond donors (Lipinski definition) is 2. The van der Waals surface area contributed by atoms with Crippen LogP contribution in [0.15, 0.2) is 0 Å². The van der Waals surface area contributed by atoms with Crippen LogP contribution >= 0.6 is 0 Å². The first-order valence-electron chi connectivity index (χ1n) is 10.2. The Morgan fingerprint density at radius 1 is 0.929 bits per heavy atom. The number of ether oxygens (including phenoxy) is 3. The molecule has 0 aromatic heterocycles. The first-order valence-corrected chi connectivity index (χ1v) is 11.7. The molecule has 9 heteroatoms. The quantitative estimate of drug-likeness (QED) is 0.307. The van der Waals surface area contributed by atoms with Gasteiger partial charge in [0.1, 0.15) is 5.78 Å². The number of nitrogens with one attached hydrogen (secondary N) is 2. The molecule has 2 atom stereocenters. The minimum Gasteiger partial charge on any atom is -0.379 e. The summed E-state index contributed by atoms with van der Waals surface area (Å²) in [5, 5.41) is 0. The van der Waals surface area contributed by atoms with Crippen LogP contribution in [0.2, 0.25) is 0 Å². The van der Waals surface area contributed by atoms with Crippen LogP contribution in [0, 0.1) is 11.8 Å². The second-order valence-corrected chi connectivity index (χ2v) is 8.93. The molecular formula is C19H40N2O6S. The fraction of sp³-hybridized carbons (Fsp3) is 0.947. The average Bonchev–Trinajstić information content (AvgIpc) is 2.66. The van der Waals surface area contributed by atoms with E-state index in [1.54, 1.807) is 0 Å². The van der Waals surface area contributed by atoms with Gasteiger partial charge in [-0.1, -0.05) is 34.1 Å². The topological polar surface area (TPSA) is 103 Å². The van der Waals surface area contributed by atoms with E-state index in [1.165, 1.54) is 7.05 Å². The van der Waals surface area contributed by atoms with Gasteiger partial charge >= 0.3 is 0 Å². The summed E-state index contributed by atoms with van der Waals surface area (Å²) in [6, 6.07) is -0.468. The van der Waals surface area contributed by atoms with Crippen molar-refractivity contribution in [1.29, 1.82) is 0 Å². The molecule has 0 amide bonds. The fourth-order valence-corrected chi connectivity index (χ4v) is 2.96. The highest BCUT2D eigenvalue weighted by atomic mass is 32.2. The Labute approximate surface area is 171 Å². The lowest BCUT2D eigenvalue weighted by atomic mass is 10.0. The van der Waals surface area contributed by atoms with Crippen LogP contribution in [0.1, 0.15) is 53.4 Å². The summed E-state index contributed by atoms with van der Waals surface area (Å²) in [4.78, 5) is 11.8. The standard InChI is InChI=1S/C19H40N2O6S/c1-6-17(4)9-10-25-11-12-26-13-14-27-15-18(21-28(23,24)20-5)7-8-19(22)16(2)3/h16-18,20-21H,6-15H2,1-5H3. The lowest BCUT2D eigenvalue weighted by molar-refractivity contribution is -0.122. The maximum atomic E-state index is 11.8. The van der Waals surface area contributed by atoms with E-state index in [-0.39, 0.29) is 18.3 Å². The molecule has 0 fully saturated rings. The normalized spacial score (nSPS) is 14.4. The van der Waals surface area contributed by atoms with E-state index >= 15 is 0 Å². The van der Waals surface area contributed by atoms with Gasteiger partial charge in [0.05, 0.1) is 33.0 Å². The van der Waals surface area contributed by atoms with Crippen LogP contribution in [0.5, 0.6) is 0 Å². The molecule has 8 nitrogen and oxygen atoms in total. The fourth-order valence-electron chi connectivity index (χ4n) is 2.21. The number of carbonyl (C=O) groups excluding carboxylic acids is 1. The second kappa shape index (κ2) is 16.2. The van der Waals surface area contributed by atoms with Crippen molar-refractivity contribution in [2.75, 3.05) is 46.7 Å². The van der Waals surface area contributed by atoms with Crippen molar-refractivity contribution in [3.8, 4) is 0 Å². The molecule has 2 unspecified atom stereocenters. The maximum Gasteiger partial charge on any atom is 0.276 e. The molecule has 0 rings (SSSR count). The van der Waals surface area contributed by atoms with Crippen LogP contribution < -0.4 is 9.44 Å². The van der Waals surface area contributed by atoms with Gasteiger partial charge in [-0.3, -0.25) is 4.79 Å². The Balaban J connectivity index is 3.96. The van der Waals surface area contributed by atoms with E-state index in [4.69, 9.17) is 14.2 Å². The van der Waals surface area contributed by atoms with E-state index in [0.29, 0.717) is 45.2 Å². The van der Waals surface area contributed by atoms with Crippen molar-refractivity contribution >= 4 is 16.0 Å². The van der Waals surface area contributed by atoms with Crippen molar-refractivity contribution in [2.45, 2.75) is 59.4 Å². The van der Waals surface area contributed by atoms with Gasteiger partial charge in [0.25, 0.3) is 10.2 Å². The average molecular weight is 425 g/mol. The number of ketones is 1. The van der Waals surface area contributed by atoms with Crippen molar-refractivity contribution in [3.63, 3.8) is 0 Å². The molecule has 0 heterocycles. The van der Waals surface area contributed by atoms with E-state index < -0.39 is 16.3 Å². The van der Waals surface area contributed by atoms with Gasteiger partial charge in [-0.25, -0.2) is 4.72 Å². The third kappa shape index (κ3) is 15.4. The Bertz CT molecular complexity index is 499. The second-order valence-electron chi connectivity index (χ2n) is 7.28. The lowest BCUT2D eigenvalue weighted by Gasteiger charge is -2.18. The highest BCUT2D eigenvalue weighted by Gasteiger charge is 2.18. The Morgan fingerprint density at radius 2 is 1.50 bits per heavy atom. The molecule has 0 saturated heterocycles. The highest BCUT2D eigenvalue weighted by molar-refractivity contribution is 7.87. The number of carbonyl (C=O) groups is 1. The lowest BCUT2D eigenvalue weighted by Crippen LogP contribution is -2.44. The zero-order valence-corrected chi connectivity index (χ0v) is 19.0. The largest absolute Gasteiger partial charge is 0.379 e. The van der Waals surface area contributed by atoms with E-state index in [1.807, 2.05) is 13.8 Å². The van der Waals surface area contributed by atoms with Crippen molar-refractivity contribution in [1.82, 2.24) is 9.44 Å². The monoisotopic (exact) mass is 424 g/mol. The first-order chi connectivity index (χ1) is 13.2. The van der Waals surface area contributed by atoms with Crippen LogP contribution in [-0.2, 0) is 29.2 Å². The molecule has 0 aromatic carbocycles. The molecule has 28 heavy (non-hydrogen) atoms. The molecule has 0 saturated carbocycles. The van der Waals surface area contributed by atoms with Crippen LogP contribution in [0.25, 0.3) is 0 Å². The molecule has 0 radical (unpaired) electrons.